The summed E-state index contributed by atoms with van der Waals surface area (Å²) in [6.07, 6.45) is 1.54. The second-order valence-electron chi connectivity index (χ2n) is 4.47. The monoisotopic (exact) mass is 287 g/mol. The van der Waals surface area contributed by atoms with Crippen LogP contribution in [0.2, 0.25) is 0 Å². The first-order chi connectivity index (χ1) is 10.1. The maximum absolute atomic E-state index is 13.7. The van der Waals surface area contributed by atoms with Crippen LogP contribution in [-0.4, -0.2) is 16.1 Å². The van der Waals surface area contributed by atoms with Gasteiger partial charge in [-0.15, -0.1) is 0 Å². The van der Waals surface area contributed by atoms with E-state index < -0.39 is 11.7 Å². The number of hydrogen-bond donors (Lipinski definition) is 3. The molecule has 0 bridgehead atoms. The Balaban J connectivity index is 2.20. The number of aromatic amines is 1. The van der Waals surface area contributed by atoms with Gasteiger partial charge in [-0.25, -0.2) is 4.39 Å². The molecule has 0 aliphatic carbocycles. The van der Waals surface area contributed by atoms with Gasteiger partial charge < -0.3 is 11.1 Å². The molecule has 1 amide bonds. The zero-order chi connectivity index (χ0) is 15.4. The third-order valence-corrected chi connectivity index (χ3v) is 2.94. The number of hydrogen-bond acceptors (Lipinski definition) is 4. The molecule has 1 heterocycles. The Morgan fingerprint density at radius 2 is 2.33 bits per heavy atom. The number of nitrogens with zero attached hydrogens (tertiary/aromatic N) is 2. The average molecular weight is 287 g/mol. The van der Waals surface area contributed by atoms with Crippen LogP contribution in [0.5, 0.6) is 0 Å². The Kier molecular flexibility index (Phi) is 4.18. The third kappa shape index (κ3) is 3.00. The summed E-state index contributed by atoms with van der Waals surface area (Å²) in [6.45, 7) is 1.98. The van der Waals surface area contributed by atoms with Gasteiger partial charge in [0, 0.05) is 0 Å². The molecule has 0 aliphatic heterocycles. The number of nitriles is 1. The topological polar surface area (TPSA) is 108 Å². The van der Waals surface area contributed by atoms with Crippen LogP contribution in [0.15, 0.2) is 18.2 Å². The molecule has 6 nitrogen and oxygen atoms in total. The van der Waals surface area contributed by atoms with Gasteiger partial charge in [0.2, 0.25) is 0 Å². The highest BCUT2D eigenvalue weighted by atomic mass is 19.1. The Labute approximate surface area is 120 Å². The summed E-state index contributed by atoms with van der Waals surface area (Å²) in [6, 6.07) is 5.60. The predicted molar refractivity (Wildman–Crippen MR) is 76.1 cm³/mol. The maximum Gasteiger partial charge on any atom is 0.278 e. The van der Waals surface area contributed by atoms with Gasteiger partial charge >= 0.3 is 0 Å². The zero-order valence-corrected chi connectivity index (χ0v) is 11.4. The fourth-order valence-corrected chi connectivity index (χ4v) is 1.87. The van der Waals surface area contributed by atoms with E-state index in [-0.39, 0.29) is 22.6 Å². The summed E-state index contributed by atoms with van der Waals surface area (Å²) < 4.78 is 13.7. The molecule has 0 fully saturated rings. The fraction of sp³-hybridized carbons (Fsp3) is 0.214. The van der Waals surface area contributed by atoms with Crippen molar-refractivity contribution in [3.05, 3.63) is 41.0 Å². The lowest BCUT2D eigenvalue weighted by Crippen LogP contribution is -2.15. The first-order valence-corrected chi connectivity index (χ1v) is 6.40. The zero-order valence-electron chi connectivity index (χ0n) is 11.4. The highest BCUT2D eigenvalue weighted by Crippen LogP contribution is 2.19. The van der Waals surface area contributed by atoms with Crippen molar-refractivity contribution >= 4 is 17.3 Å². The Morgan fingerprint density at radius 3 is 2.95 bits per heavy atom. The van der Waals surface area contributed by atoms with Crippen LogP contribution in [0, 0.1) is 17.1 Å². The Morgan fingerprint density at radius 1 is 1.57 bits per heavy atom. The van der Waals surface area contributed by atoms with Crippen LogP contribution in [0.1, 0.15) is 35.1 Å². The van der Waals surface area contributed by atoms with Gasteiger partial charge in [-0.3, -0.25) is 9.89 Å². The number of carbonyl (C=O) groups excluding carboxylic acids is 1. The number of aromatic nitrogens is 2. The second-order valence-corrected chi connectivity index (χ2v) is 4.47. The van der Waals surface area contributed by atoms with Crippen molar-refractivity contribution < 1.29 is 9.18 Å². The summed E-state index contributed by atoms with van der Waals surface area (Å²) in [7, 11) is 0. The Hall–Kier alpha value is -2.88. The normalized spacial score (nSPS) is 10.1. The summed E-state index contributed by atoms with van der Waals surface area (Å²) in [5, 5.41) is 17.6. The van der Waals surface area contributed by atoms with Gasteiger partial charge in [0.1, 0.15) is 5.82 Å². The lowest BCUT2D eigenvalue weighted by Gasteiger charge is -2.05. The molecule has 0 saturated heterocycles. The van der Waals surface area contributed by atoms with E-state index in [0.717, 1.165) is 12.5 Å². The number of nitrogen functional groups attached to an aromatic ring is 1. The number of benzene rings is 1. The van der Waals surface area contributed by atoms with E-state index >= 15 is 0 Å². The van der Waals surface area contributed by atoms with Crippen molar-refractivity contribution in [1.82, 2.24) is 10.2 Å². The smallest absolute Gasteiger partial charge is 0.278 e. The van der Waals surface area contributed by atoms with Crippen molar-refractivity contribution in [2.45, 2.75) is 19.8 Å². The first-order valence-electron chi connectivity index (χ1n) is 6.40. The second kappa shape index (κ2) is 6.05. The highest BCUT2D eigenvalue weighted by molar-refractivity contribution is 6.06. The fourth-order valence-electron chi connectivity index (χ4n) is 1.87. The van der Waals surface area contributed by atoms with Crippen molar-refractivity contribution in [3.8, 4) is 6.07 Å². The molecule has 2 aromatic rings. The highest BCUT2D eigenvalue weighted by Gasteiger charge is 2.18. The number of nitrogens with one attached hydrogen (secondary N) is 2. The van der Waals surface area contributed by atoms with Crippen molar-refractivity contribution in [3.63, 3.8) is 0 Å². The number of carbonyl (C=O) groups is 1. The van der Waals surface area contributed by atoms with E-state index in [1.165, 1.54) is 12.1 Å². The Bertz CT molecular complexity index is 717. The number of H-pyrrole nitrogens is 1. The molecule has 0 atom stereocenters. The third-order valence-electron chi connectivity index (χ3n) is 2.94. The molecule has 1 aromatic carbocycles. The summed E-state index contributed by atoms with van der Waals surface area (Å²) in [5.41, 5.74) is 6.96. The quantitative estimate of drug-likeness (QED) is 0.801. The molecular weight excluding hydrogens is 273 g/mol. The molecule has 0 aliphatic rings. The molecule has 4 N–H and O–H groups in total. The van der Waals surface area contributed by atoms with Crippen LogP contribution in [0.25, 0.3) is 0 Å². The van der Waals surface area contributed by atoms with Gasteiger partial charge in [-0.2, -0.15) is 10.4 Å². The van der Waals surface area contributed by atoms with Crippen molar-refractivity contribution in [2.24, 2.45) is 0 Å². The SMILES string of the molecule is CCCc1[nH]nc(C(=O)Nc2ccc(C#N)cc2F)c1N. The lowest BCUT2D eigenvalue weighted by molar-refractivity contribution is 0.102. The van der Waals surface area contributed by atoms with E-state index in [2.05, 4.69) is 15.5 Å². The van der Waals surface area contributed by atoms with Crippen molar-refractivity contribution in [1.29, 1.82) is 5.26 Å². The maximum atomic E-state index is 13.7. The number of nitrogens with two attached hydrogens (primary N) is 1. The van der Waals surface area contributed by atoms with Crippen molar-refractivity contribution in [2.75, 3.05) is 11.1 Å². The van der Waals surface area contributed by atoms with Gasteiger partial charge in [0.05, 0.1) is 28.7 Å². The molecule has 7 heteroatoms. The summed E-state index contributed by atoms with van der Waals surface area (Å²) in [4.78, 5) is 12.1. The number of anilines is 2. The van der Waals surface area contributed by atoms with Crippen LogP contribution in [-0.2, 0) is 6.42 Å². The minimum absolute atomic E-state index is 0.0292. The minimum atomic E-state index is -0.690. The lowest BCUT2D eigenvalue weighted by atomic mass is 10.2. The first kappa shape index (κ1) is 14.5. The van der Waals surface area contributed by atoms with E-state index in [1.54, 1.807) is 0 Å². The van der Waals surface area contributed by atoms with Crippen LogP contribution in [0.3, 0.4) is 0 Å². The molecule has 0 radical (unpaired) electrons. The summed E-state index contributed by atoms with van der Waals surface area (Å²) in [5.74, 6) is -1.29. The van der Waals surface area contributed by atoms with Crippen LogP contribution < -0.4 is 11.1 Å². The van der Waals surface area contributed by atoms with Gasteiger partial charge in [0.15, 0.2) is 5.69 Å². The van der Waals surface area contributed by atoms with Gasteiger partial charge in [-0.1, -0.05) is 13.3 Å². The number of halogens is 1. The summed E-state index contributed by atoms with van der Waals surface area (Å²) >= 11 is 0. The van der Waals surface area contributed by atoms with Crippen LogP contribution >= 0.6 is 0 Å². The average Bonchev–Trinajstić information content (AvgIpc) is 2.83. The molecular formula is C14H14FN5O. The van der Waals surface area contributed by atoms with Gasteiger partial charge in [-0.05, 0) is 24.6 Å². The number of amides is 1. The molecule has 2 rings (SSSR count). The standard InChI is InChI=1S/C14H14FN5O/c1-2-3-11-12(17)13(20-19-11)14(21)18-10-5-4-8(7-16)6-9(10)15/h4-6H,2-3,17H2,1H3,(H,18,21)(H,19,20). The molecule has 1 aromatic heterocycles. The minimum Gasteiger partial charge on any atom is -0.395 e. The molecule has 0 spiro atoms. The van der Waals surface area contributed by atoms with Crippen LogP contribution in [0.4, 0.5) is 15.8 Å². The van der Waals surface area contributed by atoms with E-state index in [4.69, 9.17) is 11.0 Å². The molecule has 0 unspecified atom stereocenters. The number of aryl methyl sites for hydroxylation is 1. The van der Waals surface area contributed by atoms with E-state index in [9.17, 15) is 9.18 Å². The van der Waals surface area contributed by atoms with E-state index in [0.29, 0.717) is 12.1 Å². The largest absolute Gasteiger partial charge is 0.395 e. The van der Waals surface area contributed by atoms with E-state index in [1.807, 2.05) is 13.0 Å². The number of rotatable bonds is 4. The molecule has 108 valence electrons. The molecule has 0 saturated carbocycles. The predicted octanol–water partition coefficient (Wildman–Crippen LogP) is 2.21. The van der Waals surface area contributed by atoms with Gasteiger partial charge in [0.25, 0.3) is 5.91 Å². The molecule has 21 heavy (non-hydrogen) atoms.